The smallest absolute Gasteiger partial charge is 0.244 e. The van der Waals surface area contributed by atoms with Gasteiger partial charge in [-0.05, 0) is 0 Å². The van der Waals surface area contributed by atoms with Gasteiger partial charge in [0, 0.05) is 20.3 Å². The van der Waals surface area contributed by atoms with Crippen LogP contribution in [0.1, 0.15) is 27.2 Å². The molecule has 1 rings (SSSR count). The monoisotopic (exact) mass is 128 g/mol. The molecule has 0 fully saturated rings. The van der Waals surface area contributed by atoms with Gasteiger partial charge in [0.25, 0.3) is 0 Å². The third-order valence-electron chi connectivity index (χ3n) is 1.20. The standard InChI is InChI=1S/C7H12O2/c1-4-6-5-8-7(2,3)9-6/h5H,4H2,1-3H3. The molecule has 0 atom stereocenters. The van der Waals surface area contributed by atoms with E-state index in [2.05, 4.69) is 0 Å². The van der Waals surface area contributed by atoms with Crippen LogP contribution in [0.3, 0.4) is 0 Å². The van der Waals surface area contributed by atoms with Gasteiger partial charge < -0.3 is 9.47 Å². The van der Waals surface area contributed by atoms with Gasteiger partial charge in [0.2, 0.25) is 5.79 Å². The molecule has 0 aromatic rings. The maximum absolute atomic E-state index is 5.34. The molecular weight excluding hydrogens is 116 g/mol. The highest BCUT2D eigenvalue weighted by Crippen LogP contribution is 2.25. The van der Waals surface area contributed by atoms with Crippen LogP contribution >= 0.6 is 0 Å². The molecule has 0 amide bonds. The molecule has 0 spiro atoms. The predicted molar refractivity (Wildman–Crippen MR) is 34.6 cm³/mol. The van der Waals surface area contributed by atoms with Crippen molar-refractivity contribution in [3.8, 4) is 0 Å². The van der Waals surface area contributed by atoms with Crippen molar-refractivity contribution in [2.24, 2.45) is 0 Å². The molecule has 0 aromatic heterocycles. The lowest BCUT2D eigenvalue weighted by molar-refractivity contribution is -0.117. The van der Waals surface area contributed by atoms with Crippen molar-refractivity contribution in [1.82, 2.24) is 0 Å². The molecular formula is C7H12O2. The summed E-state index contributed by atoms with van der Waals surface area (Å²) >= 11 is 0. The molecule has 1 heterocycles. The fourth-order valence-corrected chi connectivity index (χ4v) is 0.727. The minimum Gasteiger partial charge on any atom is -0.457 e. The Hall–Kier alpha value is -0.660. The van der Waals surface area contributed by atoms with Crippen LogP contribution in [0, 0.1) is 0 Å². The second-order valence-corrected chi connectivity index (χ2v) is 2.56. The summed E-state index contributed by atoms with van der Waals surface area (Å²) < 4.78 is 10.5. The summed E-state index contributed by atoms with van der Waals surface area (Å²) in [5.74, 6) is 0.505. The number of rotatable bonds is 1. The van der Waals surface area contributed by atoms with Gasteiger partial charge in [-0.2, -0.15) is 0 Å². The van der Waals surface area contributed by atoms with Gasteiger partial charge in [0.1, 0.15) is 12.0 Å². The highest BCUT2D eigenvalue weighted by Gasteiger charge is 2.25. The average molecular weight is 128 g/mol. The molecule has 0 aliphatic carbocycles. The maximum atomic E-state index is 5.34. The molecule has 9 heavy (non-hydrogen) atoms. The predicted octanol–water partition coefficient (Wildman–Crippen LogP) is 2.02. The van der Waals surface area contributed by atoms with E-state index in [-0.39, 0.29) is 0 Å². The fourth-order valence-electron chi connectivity index (χ4n) is 0.727. The number of hydrogen-bond acceptors (Lipinski definition) is 2. The quantitative estimate of drug-likeness (QED) is 0.538. The summed E-state index contributed by atoms with van der Waals surface area (Å²) in [6.45, 7) is 5.83. The van der Waals surface area contributed by atoms with Gasteiger partial charge in [0.05, 0.1) is 0 Å². The lowest BCUT2D eigenvalue weighted by Crippen LogP contribution is -2.19. The maximum Gasteiger partial charge on any atom is 0.244 e. The second kappa shape index (κ2) is 1.94. The Balaban J connectivity index is 2.50. The topological polar surface area (TPSA) is 18.5 Å². The molecule has 0 aromatic carbocycles. The Labute approximate surface area is 55.5 Å². The van der Waals surface area contributed by atoms with Crippen LogP contribution in [0.4, 0.5) is 0 Å². The summed E-state index contributed by atoms with van der Waals surface area (Å²) in [6, 6.07) is 0. The first kappa shape index (κ1) is 6.46. The van der Waals surface area contributed by atoms with Crippen molar-refractivity contribution in [2.45, 2.75) is 33.0 Å². The molecule has 1 aliphatic heterocycles. The first-order valence-corrected chi connectivity index (χ1v) is 3.20. The summed E-state index contributed by atoms with van der Waals surface area (Å²) in [7, 11) is 0. The van der Waals surface area contributed by atoms with Gasteiger partial charge in [-0.15, -0.1) is 0 Å². The molecule has 0 saturated heterocycles. The lowest BCUT2D eigenvalue weighted by atomic mass is 10.4. The zero-order chi connectivity index (χ0) is 6.91. The molecule has 0 radical (unpaired) electrons. The molecule has 2 heteroatoms. The lowest BCUT2D eigenvalue weighted by Gasteiger charge is -2.17. The normalized spacial score (nSPS) is 22.3. The van der Waals surface area contributed by atoms with Crippen molar-refractivity contribution in [3.63, 3.8) is 0 Å². The van der Waals surface area contributed by atoms with Crippen LogP contribution in [0.2, 0.25) is 0 Å². The zero-order valence-electron chi connectivity index (χ0n) is 6.10. The van der Waals surface area contributed by atoms with E-state index in [0.29, 0.717) is 0 Å². The highest BCUT2D eigenvalue weighted by molar-refractivity contribution is 4.93. The van der Waals surface area contributed by atoms with E-state index < -0.39 is 5.79 Å². The molecule has 0 saturated carbocycles. The Morgan fingerprint density at radius 2 is 2.22 bits per heavy atom. The van der Waals surface area contributed by atoms with Crippen LogP contribution in [0.15, 0.2) is 12.0 Å². The van der Waals surface area contributed by atoms with E-state index >= 15 is 0 Å². The minimum absolute atomic E-state index is 0.425. The van der Waals surface area contributed by atoms with Crippen molar-refractivity contribution in [2.75, 3.05) is 0 Å². The van der Waals surface area contributed by atoms with Crippen molar-refractivity contribution >= 4 is 0 Å². The Kier molecular flexibility index (Phi) is 1.39. The number of ether oxygens (including phenoxy) is 2. The van der Waals surface area contributed by atoms with Gasteiger partial charge in [0.15, 0.2) is 0 Å². The van der Waals surface area contributed by atoms with Crippen molar-refractivity contribution in [1.29, 1.82) is 0 Å². The van der Waals surface area contributed by atoms with E-state index in [9.17, 15) is 0 Å². The minimum atomic E-state index is -0.425. The number of allylic oxidation sites excluding steroid dienone is 1. The van der Waals surface area contributed by atoms with Gasteiger partial charge in [-0.1, -0.05) is 6.92 Å². The Morgan fingerprint density at radius 3 is 2.44 bits per heavy atom. The first-order valence-electron chi connectivity index (χ1n) is 3.20. The SMILES string of the molecule is CCC1=COC(C)(C)O1. The van der Waals surface area contributed by atoms with Crippen LogP contribution < -0.4 is 0 Å². The largest absolute Gasteiger partial charge is 0.457 e. The van der Waals surface area contributed by atoms with E-state index in [1.807, 2.05) is 20.8 Å². The zero-order valence-corrected chi connectivity index (χ0v) is 6.10. The third kappa shape index (κ3) is 1.37. The van der Waals surface area contributed by atoms with E-state index in [4.69, 9.17) is 9.47 Å². The van der Waals surface area contributed by atoms with Crippen LogP contribution in [0.25, 0.3) is 0 Å². The van der Waals surface area contributed by atoms with Gasteiger partial charge >= 0.3 is 0 Å². The molecule has 52 valence electrons. The first-order chi connectivity index (χ1) is 4.14. The number of hydrogen-bond donors (Lipinski definition) is 0. The summed E-state index contributed by atoms with van der Waals surface area (Å²) in [4.78, 5) is 0. The summed E-state index contributed by atoms with van der Waals surface area (Å²) in [5, 5.41) is 0. The summed E-state index contributed by atoms with van der Waals surface area (Å²) in [5.41, 5.74) is 0. The fraction of sp³-hybridized carbons (Fsp3) is 0.714. The summed E-state index contributed by atoms with van der Waals surface area (Å²) in [6.07, 6.45) is 2.59. The van der Waals surface area contributed by atoms with Crippen molar-refractivity contribution < 1.29 is 9.47 Å². The third-order valence-corrected chi connectivity index (χ3v) is 1.20. The molecule has 0 unspecified atom stereocenters. The van der Waals surface area contributed by atoms with Gasteiger partial charge in [-0.3, -0.25) is 0 Å². The van der Waals surface area contributed by atoms with E-state index in [1.54, 1.807) is 6.26 Å². The van der Waals surface area contributed by atoms with E-state index in [0.717, 1.165) is 12.2 Å². The second-order valence-electron chi connectivity index (χ2n) is 2.56. The van der Waals surface area contributed by atoms with Crippen LogP contribution in [-0.4, -0.2) is 5.79 Å². The van der Waals surface area contributed by atoms with Crippen LogP contribution in [0.5, 0.6) is 0 Å². The van der Waals surface area contributed by atoms with E-state index in [1.165, 1.54) is 0 Å². The van der Waals surface area contributed by atoms with Crippen molar-refractivity contribution in [3.05, 3.63) is 12.0 Å². The van der Waals surface area contributed by atoms with Gasteiger partial charge in [-0.25, -0.2) is 0 Å². The Morgan fingerprint density at radius 1 is 1.56 bits per heavy atom. The Bertz CT molecular complexity index is 136. The molecule has 2 nitrogen and oxygen atoms in total. The highest BCUT2D eigenvalue weighted by atomic mass is 16.7. The average Bonchev–Trinajstić information content (AvgIpc) is 2.10. The molecule has 1 aliphatic rings. The van der Waals surface area contributed by atoms with Crippen LogP contribution in [-0.2, 0) is 9.47 Å². The molecule has 0 bridgehead atoms. The molecule has 0 N–H and O–H groups in total.